The molecule has 0 spiro atoms. The summed E-state index contributed by atoms with van der Waals surface area (Å²) in [7, 11) is 0. The standard InChI is InChI=1S/C12H16O3/c1-3-4-5-12(14)15-11-7-6-10(13)8-9(11)2/h6-8,13H,3-5H2,1-2H3. The lowest BCUT2D eigenvalue weighted by atomic mass is 10.2. The van der Waals surface area contributed by atoms with Crippen LogP contribution in [0.3, 0.4) is 0 Å². The van der Waals surface area contributed by atoms with Gasteiger partial charge in [-0.2, -0.15) is 0 Å². The fraction of sp³-hybridized carbons (Fsp3) is 0.417. The molecule has 0 atom stereocenters. The second-order valence-corrected chi connectivity index (χ2v) is 3.53. The van der Waals surface area contributed by atoms with E-state index in [1.807, 2.05) is 6.92 Å². The molecule has 1 aromatic rings. The monoisotopic (exact) mass is 208 g/mol. The van der Waals surface area contributed by atoms with Gasteiger partial charge in [-0.25, -0.2) is 0 Å². The topological polar surface area (TPSA) is 46.5 Å². The average Bonchev–Trinajstić information content (AvgIpc) is 2.19. The number of rotatable bonds is 4. The van der Waals surface area contributed by atoms with E-state index in [1.54, 1.807) is 19.1 Å². The van der Waals surface area contributed by atoms with Crippen LogP contribution in [0.4, 0.5) is 0 Å². The van der Waals surface area contributed by atoms with Crippen LogP contribution in [0.1, 0.15) is 31.7 Å². The number of aromatic hydroxyl groups is 1. The zero-order chi connectivity index (χ0) is 11.3. The molecule has 0 saturated heterocycles. The van der Waals surface area contributed by atoms with Crippen LogP contribution in [0.15, 0.2) is 18.2 Å². The van der Waals surface area contributed by atoms with Gasteiger partial charge < -0.3 is 9.84 Å². The predicted octanol–water partition coefficient (Wildman–Crippen LogP) is 2.80. The third-order valence-corrected chi connectivity index (χ3v) is 2.12. The Kier molecular flexibility index (Phi) is 4.16. The first-order chi connectivity index (χ1) is 7.13. The number of benzene rings is 1. The molecule has 82 valence electrons. The van der Waals surface area contributed by atoms with Gasteiger partial charge >= 0.3 is 5.97 Å². The molecule has 0 heterocycles. The van der Waals surface area contributed by atoms with Crippen molar-refractivity contribution in [2.75, 3.05) is 0 Å². The van der Waals surface area contributed by atoms with Gasteiger partial charge in [-0.05, 0) is 37.1 Å². The molecular formula is C12H16O3. The normalized spacial score (nSPS) is 10.0. The Balaban J connectivity index is 2.60. The van der Waals surface area contributed by atoms with Gasteiger partial charge in [0.05, 0.1) is 0 Å². The second kappa shape index (κ2) is 5.39. The first kappa shape index (κ1) is 11.6. The molecule has 0 amide bonds. The Morgan fingerprint density at radius 2 is 2.20 bits per heavy atom. The summed E-state index contributed by atoms with van der Waals surface area (Å²) in [4.78, 5) is 11.3. The maximum atomic E-state index is 11.3. The molecule has 0 aliphatic heterocycles. The molecule has 0 aliphatic rings. The summed E-state index contributed by atoms with van der Waals surface area (Å²) < 4.78 is 5.15. The van der Waals surface area contributed by atoms with E-state index in [0.717, 1.165) is 18.4 Å². The molecule has 3 nitrogen and oxygen atoms in total. The third kappa shape index (κ3) is 3.62. The van der Waals surface area contributed by atoms with Crippen LogP contribution >= 0.6 is 0 Å². The molecule has 0 fully saturated rings. The molecule has 1 rings (SSSR count). The van der Waals surface area contributed by atoms with Crippen molar-refractivity contribution in [1.29, 1.82) is 0 Å². The zero-order valence-corrected chi connectivity index (χ0v) is 9.12. The molecule has 0 aliphatic carbocycles. The van der Waals surface area contributed by atoms with Gasteiger partial charge in [0, 0.05) is 6.42 Å². The number of hydrogen-bond donors (Lipinski definition) is 1. The van der Waals surface area contributed by atoms with Crippen molar-refractivity contribution >= 4 is 5.97 Å². The number of esters is 1. The largest absolute Gasteiger partial charge is 0.508 e. The first-order valence-corrected chi connectivity index (χ1v) is 5.13. The van der Waals surface area contributed by atoms with Gasteiger partial charge in [-0.15, -0.1) is 0 Å². The van der Waals surface area contributed by atoms with Crippen LogP contribution in [0.25, 0.3) is 0 Å². The second-order valence-electron chi connectivity index (χ2n) is 3.53. The number of carbonyl (C=O) groups excluding carboxylic acids is 1. The minimum absolute atomic E-state index is 0.181. The molecular weight excluding hydrogens is 192 g/mol. The molecule has 0 unspecified atom stereocenters. The average molecular weight is 208 g/mol. The van der Waals surface area contributed by atoms with Gasteiger partial charge in [-0.1, -0.05) is 13.3 Å². The molecule has 0 saturated carbocycles. The smallest absolute Gasteiger partial charge is 0.311 e. The van der Waals surface area contributed by atoms with Gasteiger partial charge in [0.2, 0.25) is 0 Å². The fourth-order valence-corrected chi connectivity index (χ4v) is 1.24. The molecule has 0 radical (unpaired) electrons. The summed E-state index contributed by atoms with van der Waals surface area (Å²) in [5.74, 6) is 0.486. The SMILES string of the molecule is CCCCC(=O)Oc1ccc(O)cc1C. The van der Waals surface area contributed by atoms with E-state index < -0.39 is 0 Å². The van der Waals surface area contributed by atoms with E-state index >= 15 is 0 Å². The van der Waals surface area contributed by atoms with Crippen molar-refractivity contribution in [2.45, 2.75) is 33.1 Å². The highest BCUT2D eigenvalue weighted by molar-refractivity contribution is 5.72. The highest BCUT2D eigenvalue weighted by atomic mass is 16.5. The van der Waals surface area contributed by atoms with Gasteiger partial charge in [0.15, 0.2) is 0 Å². The van der Waals surface area contributed by atoms with E-state index in [0.29, 0.717) is 12.2 Å². The summed E-state index contributed by atoms with van der Waals surface area (Å²) in [6.45, 7) is 3.82. The lowest BCUT2D eigenvalue weighted by Gasteiger charge is -2.06. The Bertz CT molecular complexity index is 345. The first-order valence-electron chi connectivity index (χ1n) is 5.13. The molecule has 3 heteroatoms. The van der Waals surface area contributed by atoms with E-state index in [9.17, 15) is 9.90 Å². The van der Waals surface area contributed by atoms with Crippen molar-refractivity contribution in [2.24, 2.45) is 0 Å². The summed E-state index contributed by atoms with van der Waals surface area (Å²) in [5.41, 5.74) is 0.764. The van der Waals surface area contributed by atoms with Crippen molar-refractivity contribution in [1.82, 2.24) is 0 Å². The van der Waals surface area contributed by atoms with Crippen LogP contribution in [-0.4, -0.2) is 11.1 Å². The Morgan fingerprint density at radius 3 is 2.80 bits per heavy atom. The maximum Gasteiger partial charge on any atom is 0.311 e. The van der Waals surface area contributed by atoms with Crippen LogP contribution < -0.4 is 4.74 Å². The highest BCUT2D eigenvalue weighted by Crippen LogP contribution is 2.22. The zero-order valence-electron chi connectivity index (χ0n) is 9.12. The molecule has 0 aromatic heterocycles. The van der Waals surface area contributed by atoms with Gasteiger partial charge in [0.25, 0.3) is 0 Å². The third-order valence-electron chi connectivity index (χ3n) is 2.12. The number of phenolic OH excluding ortho intramolecular Hbond substituents is 1. The highest BCUT2D eigenvalue weighted by Gasteiger charge is 2.06. The lowest BCUT2D eigenvalue weighted by Crippen LogP contribution is -2.08. The molecule has 15 heavy (non-hydrogen) atoms. The Hall–Kier alpha value is -1.51. The Morgan fingerprint density at radius 1 is 1.47 bits per heavy atom. The van der Waals surface area contributed by atoms with Crippen LogP contribution in [0.2, 0.25) is 0 Å². The maximum absolute atomic E-state index is 11.3. The summed E-state index contributed by atoms with van der Waals surface area (Å²) in [6, 6.07) is 4.69. The number of hydrogen-bond acceptors (Lipinski definition) is 3. The van der Waals surface area contributed by atoms with E-state index in [4.69, 9.17) is 4.74 Å². The molecule has 0 bridgehead atoms. The summed E-state index contributed by atoms with van der Waals surface area (Å²) >= 11 is 0. The lowest BCUT2D eigenvalue weighted by molar-refractivity contribution is -0.134. The number of phenols is 1. The van der Waals surface area contributed by atoms with E-state index in [2.05, 4.69) is 0 Å². The van der Waals surface area contributed by atoms with Gasteiger partial charge in [-0.3, -0.25) is 4.79 Å². The molecule has 1 N–H and O–H groups in total. The van der Waals surface area contributed by atoms with Crippen LogP contribution in [0, 0.1) is 6.92 Å². The van der Waals surface area contributed by atoms with Crippen molar-refractivity contribution in [3.05, 3.63) is 23.8 Å². The summed E-state index contributed by atoms with van der Waals surface area (Å²) in [6.07, 6.45) is 2.26. The number of ether oxygens (including phenoxy) is 1. The quantitative estimate of drug-likeness (QED) is 0.611. The minimum atomic E-state index is -0.217. The van der Waals surface area contributed by atoms with Crippen LogP contribution in [-0.2, 0) is 4.79 Å². The fourth-order valence-electron chi connectivity index (χ4n) is 1.24. The van der Waals surface area contributed by atoms with Crippen molar-refractivity contribution in [3.8, 4) is 11.5 Å². The molecule has 1 aromatic carbocycles. The van der Waals surface area contributed by atoms with Crippen molar-refractivity contribution in [3.63, 3.8) is 0 Å². The number of aryl methyl sites for hydroxylation is 1. The number of unbranched alkanes of at least 4 members (excludes halogenated alkanes) is 1. The predicted molar refractivity (Wildman–Crippen MR) is 58.0 cm³/mol. The minimum Gasteiger partial charge on any atom is -0.508 e. The van der Waals surface area contributed by atoms with Crippen LogP contribution in [0.5, 0.6) is 11.5 Å². The Labute approximate surface area is 89.7 Å². The van der Waals surface area contributed by atoms with E-state index in [1.165, 1.54) is 6.07 Å². The van der Waals surface area contributed by atoms with Crippen molar-refractivity contribution < 1.29 is 14.6 Å². The number of carbonyl (C=O) groups is 1. The van der Waals surface area contributed by atoms with E-state index in [-0.39, 0.29) is 11.7 Å². The summed E-state index contributed by atoms with van der Waals surface area (Å²) in [5, 5.41) is 9.17. The van der Waals surface area contributed by atoms with Gasteiger partial charge in [0.1, 0.15) is 11.5 Å².